The summed E-state index contributed by atoms with van der Waals surface area (Å²) in [5, 5.41) is 10.5. The fraction of sp³-hybridized carbons (Fsp3) is 0.231. The van der Waals surface area contributed by atoms with Crippen molar-refractivity contribution in [2.45, 2.75) is 38.8 Å². The summed E-state index contributed by atoms with van der Waals surface area (Å²) in [6, 6.07) is 17.1. The molecule has 170 valence electrons. The minimum atomic E-state index is -1.06. The van der Waals surface area contributed by atoms with Gasteiger partial charge in [-0.25, -0.2) is 4.39 Å². The van der Waals surface area contributed by atoms with E-state index in [1.165, 1.54) is 30.3 Å². The summed E-state index contributed by atoms with van der Waals surface area (Å²) in [5.74, 6) is -0.862. The lowest BCUT2D eigenvalue weighted by atomic mass is 9.88. The standard InChI is InChI=1S/C26H24ClFN2O3/c1-3-24(32)29(21-10-6-19(27)7-11-21)26(2)15-14-18-16-22(31)12-13-23(18)30(26)25(33)17-4-8-20(28)9-5-17/h4-13,16,31H,3,14-15H2,1-2H3. The molecule has 3 aromatic rings. The molecule has 5 nitrogen and oxygen atoms in total. The van der Waals surface area contributed by atoms with E-state index in [-0.39, 0.29) is 24.0 Å². The zero-order valence-electron chi connectivity index (χ0n) is 18.4. The number of rotatable bonds is 4. The SMILES string of the molecule is CCC(=O)N(c1ccc(Cl)cc1)C1(C)CCc2cc(O)ccc2N1C(=O)c1ccc(F)cc1. The van der Waals surface area contributed by atoms with Crippen molar-refractivity contribution in [2.24, 2.45) is 0 Å². The van der Waals surface area contributed by atoms with Gasteiger partial charge in [0.05, 0.1) is 0 Å². The molecule has 33 heavy (non-hydrogen) atoms. The molecule has 1 aliphatic heterocycles. The second kappa shape index (κ2) is 8.87. The van der Waals surface area contributed by atoms with E-state index < -0.39 is 11.5 Å². The van der Waals surface area contributed by atoms with Gasteiger partial charge in [-0.05, 0) is 92.1 Å². The smallest absolute Gasteiger partial charge is 0.260 e. The first kappa shape index (κ1) is 22.8. The Hall–Kier alpha value is -3.38. The van der Waals surface area contributed by atoms with Gasteiger partial charge in [-0.3, -0.25) is 19.4 Å². The van der Waals surface area contributed by atoms with Gasteiger partial charge in [0.1, 0.15) is 17.2 Å². The highest BCUT2D eigenvalue weighted by Gasteiger charge is 2.47. The zero-order valence-corrected chi connectivity index (χ0v) is 19.1. The number of hydrogen-bond donors (Lipinski definition) is 1. The molecule has 1 heterocycles. The molecular formula is C26H24ClFN2O3. The van der Waals surface area contributed by atoms with Crippen LogP contribution in [0.1, 0.15) is 42.6 Å². The average Bonchev–Trinajstić information content (AvgIpc) is 2.80. The number of hydrogen-bond acceptors (Lipinski definition) is 3. The topological polar surface area (TPSA) is 60.9 Å². The molecule has 0 saturated heterocycles. The number of nitrogens with zero attached hydrogens (tertiary/aromatic N) is 2. The fourth-order valence-electron chi connectivity index (χ4n) is 4.43. The summed E-state index contributed by atoms with van der Waals surface area (Å²) in [5.41, 5.74) is 1.24. The van der Waals surface area contributed by atoms with E-state index in [0.717, 1.165) is 5.56 Å². The summed E-state index contributed by atoms with van der Waals surface area (Å²) in [4.78, 5) is 30.4. The molecule has 7 heteroatoms. The van der Waals surface area contributed by atoms with Gasteiger partial charge in [0.15, 0.2) is 0 Å². The van der Waals surface area contributed by atoms with Crippen molar-refractivity contribution in [3.8, 4) is 5.75 Å². The summed E-state index contributed by atoms with van der Waals surface area (Å²) >= 11 is 6.08. The van der Waals surface area contributed by atoms with Gasteiger partial charge in [0, 0.05) is 28.4 Å². The molecule has 0 saturated carbocycles. The number of phenolic OH excluding ortho intramolecular Hbond substituents is 1. The number of aromatic hydroxyl groups is 1. The van der Waals surface area contributed by atoms with Crippen molar-refractivity contribution in [3.63, 3.8) is 0 Å². The van der Waals surface area contributed by atoms with E-state index in [1.54, 1.807) is 53.1 Å². The third-order valence-corrected chi connectivity index (χ3v) is 6.32. The van der Waals surface area contributed by atoms with Crippen LogP contribution in [0.4, 0.5) is 15.8 Å². The molecule has 0 fully saturated rings. The Balaban J connectivity index is 1.91. The third kappa shape index (κ3) is 4.18. The highest BCUT2D eigenvalue weighted by molar-refractivity contribution is 6.30. The first-order valence-corrected chi connectivity index (χ1v) is 11.1. The molecule has 3 aromatic carbocycles. The minimum Gasteiger partial charge on any atom is -0.508 e. The Morgan fingerprint density at radius 1 is 1.09 bits per heavy atom. The third-order valence-electron chi connectivity index (χ3n) is 6.07. The summed E-state index contributed by atoms with van der Waals surface area (Å²) in [6.45, 7) is 3.63. The van der Waals surface area contributed by atoms with Gasteiger partial charge < -0.3 is 5.11 Å². The molecule has 4 rings (SSSR count). The number of anilines is 2. The number of aryl methyl sites for hydroxylation is 1. The second-order valence-corrected chi connectivity index (χ2v) is 8.67. The van der Waals surface area contributed by atoms with E-state index in [9.17, 15) is 19.1 Å². The van der Waals surface area contributed by atoms with Gasteiger partial charge in [-0.1, -0.05) is 18.5 Å². The van der Waals surface area contributed by atoms with Crippen molar-refractivity contribution in [1.29, 1.82) is 0 Å². The summed E-state index contributed by atoms with van der Waals surface area (Å²) in [7, 11) is 0. The molecule has 0 aliphatic carbocycles. The number of fused-ring (bicyclic) bond motifs is 1. The predicted octanol–water partition coefficient (Wildman–Crippen LogP) is 5.94. The lowest BCUT2D eigenvalue weighted by Crippen LogP contribution is -2.65. The Morgan fingerprint density at radius 2 is 1.76 bits per heavy atom. The Kier molecular flexibility index (Phi) is 6.13. The lowest BCUT2D eigenvalue weighted by Gasteiger charge is -2.51. The molecule has 1 aliphatic rings. The molecule has 0 bridgehead atoms. The van der Waals surface area contributed by atoms with Crippen molar-refractivity contribution < 1.29 is 19.1 Å². The minimum absolute atomic E-state index is 0.103. The number of carbonyl (C=O) groups is 2. The van der Waals surface area contributed by atoms with Gasteiger partial charge in [0.25, 0.3) is 5.91 Å². The highest BCUT2D eigenvalue weighted by atomic mass is 35.5. The molecule has 0 aromatic heterocycles. The molecule has 1 N–H and O–H groups in total. The Labute approximate surface area is 197 Å². The number of carbonyl (C=O) groups excluding carboxylic acids is 2. The maximum absolute atomic E-state index is 13.9. The second-order valence-electron chi connectivity index (χ2n) is 8.24. The number of benzene rings is 3. The fourth-order valence-corrected chi connectivity index (χ4v) is 4.56. The quantitative estimate of drug-likeness (QED) is 0.517. The van der Waals surface area contributed by atoms with E-state index >= 15 is 0 Å². The Bertz CT molecular complexity index is 1200. The van der Waals surface area contributed by atoms with Crippen LogP contribution >= 0.6 is 11.6 Å². The monoisotopic (exact) mass is 466 g/mol. The molecule has 2 amide bonds. The van der Waals surface area contributed by atoms with Crippen LogP contribution < -0.4 is 9.80 Å². The summed E-state index contributed by atoms with van der Waals surface area (Å²) < 4.78 is 13.5. The van der Waals surface area contributed by atoms with E-state index in [4.69, 9.17) is 11.6 Å². The van der Waals surface area contributed by atoms with Crippen LogP contribution in [0.3, 0.4) is 0 Å². The average molecular weight is 467 g/mol. The summed E-state index contributed by atoms with van der Waals surface area (Å²) in [6.07, 6.45) is 1.22. The van der Waals surface area contributed by atoms with Crippen molar-refractivity contribution >= 4 is 34.8 Å². The van der Waals surface area contributed by atoms with Crippen LogP contribution in [0.15, 0.2) is 66.7 Å². The van der Waals surface area contributed by atoms with Crippen molar-refractivity contribution in [1.82, 2.24) is 0 Å². The molecule has 0 radical (unpaired) electrons. The van der Waals surface area contributed by atoms with Crippen LogP contribution in [0.25, 0.3) is 0 Å². The first-order chi connectivity index (χ1) is 15.7. The number of amides is 2. The maximum Gasteiger partial charge on any atom is 0.260 e. The lowest BCUT2D eigenvalue weighted by molar-refractivity contribution is -0.119. The number of phenols is 1. The van der Waals surface area contributed by atoms with Crippen molar-refractivity contribution in [2.75, 3.05) is 9.80 Å². The van der Waals surface area contributed by atoms with Crippen LogP contribution in [0.2, 0.25) is 5.02 Å². The van der Waals surface area contributed by atoms with E-state index in [1.807, 2.05) is 6.92 Å². The molecule has 1 unspecified atom stereocenters. The van der Waals surface area contributed by atoms with Gasteiger partial charge in [-0.15, -0.1) is 0 Å². The maximum atomic E-state index is 13.9. The van der Waals surface area contributed by atoms with Gasteiger partial charge >= 0.3 is 0 Å². The zero-order chi connectivity index (χ0) is 23.8. The highest BCUT2D eigenvalue weighted by Crippen LogP contribution is 2.43. The number of halogens is 2. The Morgan fingerprint density at radius 3 is 2.39 bits per heavy atom. The van der Waals surface area contributed by atoms with Crippen LogP contribution in [-0.2, 0) is 11.2 Å². The van der Waals surface area contributed by atoms with Gasteiger partial charge in [0.2, 0.25) is 5.91 Å². The van der Waals surface area contributed by atoms with Crippen LogP contribution in [0, 0.1) is 5.82 Å². The molecule has 0 spiro atoms. The van der Waals surface area contributed by atoms with Crippen LogP contribution in [0.5, 0.6) is 5.75 Å². The largest absolute Gasteiger partial charge is 0.508 e. The van der Waals surface area contributed by atoms with Gasteiger partial charge in [-0.2, -0.15) is 0 Å². The normalized spacial score (nSPS) is 17.4. The first-order valence-electron chi connectivity index (χ1n) is 10.7. The van der Waals surface area contributed by atoms with Crippen LogP contribution in [-0.4, -0.2) is 22.6 Å². The molecule has 1 atom stereocenters. The van der Waals surface area contributed by atoms with Crippen molar-refractivity contribution in [3.05, 3.63) is 88.7 Å². The predicted molar refractivity (Wildman–Crippen MR) is 127 cm³/mol. The van der Waals surface area contributed by atoms with E-state index in [0.29, 0.717) is 34.8 Å². The van der Waals surface area contributed by atoms with E-state index in [2.05, 4.69) is 0 Å². The molecular weight excluding hydrogens is 443 g/mol.